The molecule has 0 radical (unpaired) electrons. The molecule has 0 fully saturated rings. The summed E-state index contributed by atoms with van der Waals surface area (Å²) in [5.41, 5.74) is 0.770. The largest absolute Gasteiger partial charge is 0.493 e. The number of nitrogens with one attached hydrogen (secondary N) is 2. The van der Waals surface area contributed by atoms with Crippen molar-refractivity contribution in [3.8, 4) is 5.75 Å². The van der Waals surface area contributed by atoms with Gasteiger partial charge in [0.1, 0.15) is 17.6 Å². The lowest BCUT2D eigenvalue weighted by atomic mass is 10.0. The minimum absolute atomic E-state index is 0.125. The molecular weight excluding hydrogens is 406 g/mol. The van der Waals surface area contributed by atoms with E-state index in [-0.39, 0.29) is 15.6 Å². The van der Waals surface area contributed by atoms with Gasteiger partial charge in [0.05, 0.1) is 28.3 Å². The Bertz CT molecular complexity index is 907. The van der Waals surface area contributed by atoms with Crippen molar-refractivity contribution in [3.63, 3.8) is 0 Å². The van der Waals surface area contributed by atoms with Gasteiger partial charge in [-0.2, -0.15) is 0 Å². The van der Waals surface area contributed by atoms with Crippen LogP contribution in [0.25, 0.3) is 0 Å². The zero-order valence-corrected chi connectivity index (χ0v) is 16.6. The molecule has 148 valence electrons. The first-order valence-corrected chi connectivity index (χ1v) is 9.60. The molecule has 5 nitrogen and oxygen atoms in total. The molecule has 0 unspecified atom stereocenters. The number of hydrogen-bond acceptors (Lipinski definition) is 3. The third-order valence-corrected chi connectivity index (χ3v) is 5.31. The predicted octanol–water partition coefficient (Wildman–Crippen LogP) is 4.28. The van der Waals surface area contributed by atoms with Crippen LogP contribution in [0, 0.1) is 5.82 Å². The van der Waals surface area contributed by atoms with Crippen LogP contribution in [0.5, 0.6) is 5.75 Å². The molecule has 0 bridgehead atoms. The summed E-state index contributed by atoms with van der Waals surface area (Å²) in [7, 11) is 0. The molecule has 3 rings (SSSR count). The van der Waals surface area contributed by atoms with Crippen LogP contribution in [0.3, 0.4) is 0 Å². The van der Waals surface area contributed by atoms with Crippen molar-refractivity contribution in [2.24, 2.45) is 0 Å². The molecule has 2 aromatic carbocycles. The van der Waals surface area contributed by atoms with Crippen LogP contribution in [0.4, 0.5) is 4.39 Å². The van der Waals surface area contributed by atoms with Crippen LogP contribution in [0.1, 0.15) is 41.7 Å². The molecule has 1 aliphatic heterocycles. The van der Waals surface area contributed by atoms with Crippen molar-refractivity contribution in [1.29, 1.82) is 0 Å². The second-order valence-corrected chi connectivity index (χ2v) is 7.32. The van der Waals surface area contributed by atoms with Crippen molar-refractivity contribution < 1.29 is 18.7 Å². The summed E-state index contributed by atoms with van der Waals surface area (Å²) in [6.45, 7) is 2.05. The molecule has 0 aliphatic carbocycles. The van der Waals surface area contributed by atoms with Gasteiger partial charge in [-0.05, 0) is 50.1 Å². The van der Waals surface area contributed by atoms with E-state index in [0.717, 1.165) is 0 Å². The first-order valence-electron chi connectivity index (χ1n) is 8.84. The number of carbonyl (C=O) groups excluding carboxylic acids is 2. The molecule has 2 atom stereocenters. The molecule has 28 heavy (non-hydrogen) atoms. The van der Waals surface area contributed by atoms with E-state index >= 15 is 0 Å². The van der Waals surface area contributed by atoms with Crippen molar-refractivity contribution in [2.75, 3.05) is 6.61 Å². The van der Waals surface area contributed by atoms with E-state index < -0.39 is 29.7 Å². The number of benzene rings is 2. The maximum atomic E-state index is 13.7. The number of carbonyl (C=O) groups is 2. The zero-order valence-electron chi connectivity index (χ0n) is 15.1. The Labute approximate surface area is 172 Å². The molecule has 8 heteroatoms. The Kier molecular flexibility index (Phi) is 6.42. The van der Waals surface area contributed by atoms with Crippen molar-refractivity contribution in [2.45, 2.75) is 31.8 Å². The third kappa shape index (κ3) is 4.56. The summed E-state index contributed by atoms with van der Waals surface area (Å²) in [6.07, 6.45) is 1.31. The molecule has 1 heterocycles. The van der Waals surface area contributed by atoms with Crippen molar-refractivity contribution >= 4 is 35.0 Å². The fourth-order valence-electron chi connectivity index (χ4n) is 3.01. The van der Waals surface area contributed by atoms with E-state index in [9.17, 15) is 14.0 Å². The number of amides is 2. The lowest BCUT2D eigenvalue weighted by Crippen LogP contribution is -2.45. The second kappa shape index (κ2) is 8.80. The zero-order chi connectivity index (χ0) is 20.3. The van der Waals surface area contributed by atoms with Crippen LogP contribution in [0.15, 0.2) is 36.4 Å². The number of rotatable bonds is 4. The molecule has 2 aromatic rings. The molecule has 0 saturated heterocycles. The number of fused-ring (bicyclic) bond motifs is 1. The van der Waals surface area contributed by atoms with Gasteiger partial charge in [-0.1, -0.05) is 29.3 Å². The first-order chi connectivity index (χ1) is 13.4. The van der Waals surface area contributed by atoms with E-state index in [2.05, 4.69) is 10.6 Å². The van der Waals surface area contributed by atoms with E-state index in [1.807, 2.05) is 0 Å². The number of hydrogen-bond donors (Lipinski definition) is 2. The van der Waals surface area contributed by atoms with Crippen molar-refractivity contribution in [3.05, 3.63) is 63.4 Å². The summed E-state index contributed by atoms with van der Waals surface area (Å²) in [4.78, 5) is 25.0. The summed E-state index contributed by atoms with van der Waals surface area (Å²) >= 11 is 12.0. The van der Waals surface area contributed by atoms with Gasteiger partial charge in [-0.25, -0.2) is 4.39 Å². The number of halogens is 3. The highest BCUT2D eigenvalue weighted by atomic mass is 35.5. The molecule has 0 spiro atoms. The van der Waals surface area contributed by atoms with Gasteiger partial charge in [0, 0.05) is 5.56 Å². The van der Waals surface area contributed by atoms with Gasteiger partial charge in [0.25, 0.3) is 5.91 Å². The Morgan fingerprint density at radius 1 is 1.25 bits per heavy atom. The predicted molar refractivity (Wildman–Crippen MR) is 105 cm³/mol. The molecule has 0 saturated carbocycles. The highest BCUT2D eigenvalue weighted by Gasteiger charge is 2.25. The van der Waals surface area contributed by atoms with Crippen LogP contribution in [-0.4, -0.2) is 24.5 Å². The lowest BCUT2D eigenvalue weighted by molar-refractivity contribution is -0.123. The highest BCUT2D eigenvalue weighted by molar-refractivity contribution is 6.43. The Hall–Kier alpha value is -2.31. The van der Waals surface area contributed by atoms with Gasteiger partial charge in [0.15, 0.2) is 0 Å². The van der Waals surface area contributed by atoms with Gasteiger partial charge >= 0.3 is 0 Å². The topological polar surface area (TPSA) is 67.4 Å². The van der Waals surface area contributed by atoms with Crippen molar-refractivity contribution in [1.82, 2.24) is 10.6 Å². The standard InChI is InChI=1S/C20H19Cl2FN2O3/c1-11(24-20(27)13-4-2-5-15(21)18(13)22)19(26)25-16-6-3-9-28-17-8-7-12(23)10-14(16)17/h2,4-5,7-8,10-11,16H,3,6,9H2,1H3,(H,24,27)(H,25,26)/t11-,16-/m1/s1. The fourth-order valence-corrected chi connectivity index (χ4v) is 3.40. The highest BCUT2D eigenvalue weighted by Crippen LogP contribution is 2.32. The van der Waals surface area contributed by atoms with Crippen LogP contribution in [0.2, 0.25) is 10.0 Å². The molecule has 2 N–H and O–H groups in total. The van der Waals surface area contributed by atoms with Gasteiger partial charge in [-0.15, -0.1) is 0 Å². The summed E-state index contributed by atoms with van der Waals surface area (Å²) in [5.74, 6) is -0.758. The van der Waals surface area contributed by atoms with Crippen LogP contribution < -0.4 is 15.4 Å². The van der Waals surface area contributed by atoms with E-state index in [4.69, 9.17) is 27.9 Å². The van der Waals surface area contributed by atoms with E-state index in [1.54, 1.807) is 25.1 Å². The second-order valence-electron chi connectivity index (χ2n) is 6.53. The Balaban J connectivity index is 1.70. The van der Waals surface area contributed by atoms with E-state index in [1.165, 1.54) is 18.2 Å². The average molecular weight is 425 g/mol. The van der Waals surface area contributed by atoms with Crippen LogP contribution in [-0.2, 0) is 4.79 Å². The summed E-state index contributed by atoms with van der Waals surface area (Å²) in [6, 6.07) is 7.70. The summed E-state index contributed by atoms with van der Waals surface area (Å²) < 4.78 is 19.3. The molecule has 2 amide bonds. The lowest BCUT2D eigenvalue weighted by Gasteiger charge is -2.21. The summed E-state index contributed by atoms with van der Waals surface area (Å²) in [5, 5.41) is 5.85. The first kappa shape index (κ1) is 20.4. The molecule has 0 aromatic heterocycles. The van der Waals surface area contributed by atoms with Gasteiger partial charge in [0.2, 0.25) is 5.91 Å². The smallest absolute Gasteiger partial charge is 0.253 e. The van der Waals surface area contributed by atoms with E-state index in [0.29, 0.717) is 30.8 Å². The minimum Gasteiger partial charge on any atom is -0.493 e. The maximum absolute atomic E-state index is 13.7. The monoisotopic (exact) mass is 424 g/mol. The average Bonchev–Trinajstić information content (AvgIpc) is 2.85. The van der Waals surface area contributed by atoms with Crippen LogP contribution >= 0.6 is 23.2 Å². The molecular formula is C20H19Cl2FN2O3. The third-order valence-electron chi connectivity index (χ3n) is 4.50. The Morgan fingerprint density at radius 2 is 2.04 bits per heavy atom. The van der Waals surface area contributed by atoms with Gasteiger partial charge in [-0.3, -0.25) is 9.59 Å². The van der Waals surface area contributed by atoms with Gasteiger partial charge < -0.3 is 15.4 Å². The maximum Gasteiger partial charge on any atom is 0.253 e. The Morgan fingerprint density at radius 3 is 2.82 bits per heavy atom. The molecule has 1 aliphatic rings. The minimum atomic E-state index is -0.830. The number of ether oxygens (including phenoxy) is 1. The normalized spacial score (nSPS) is 16.9. The quantitative estimate of drug-likeness (QED) is 0.769. The fraction of sp³-hybridized carbons (Fsp3) is 0.300. The SMILES string of the molecule is C[C@@H](NC(=O)c1cccc(Cl)c1Cl)C(=O)N[C@@H]1CCCOc2ccc(F)cc21.